The van der Waals surface area contributed by atoms with Gasteiger partial charge in [-0.15, -0.1) is 0 Å². The van der Waals surface area contributed by atoms with E-state index in [4.69, 9.17) is 0 Å². The molecule has 0 bridgehead atoms. The van der Waals surface area contributed by atoms with Gasteiger partial charge in [0.25, 0.3) is 0 Å². The molecule has 1 aliphatic rings. The fourth-order valence-electron chi connectivity index (χ4n) is 2.74. The van der Waals surface area contributed by atoms with Crippen molar-refractivity contribution >= 4 is 11.8 Å². The molecule has 0 aromatic rings. The highest BCUT2D eigenvalue weighted by Crippen LogP contribution is 2.29. The zero-order valence-corrected chi connectivity index (χ0v) is 12.0. The SMILES string of the molecule is CCCNC(CCCSCC)C1CCCC1. The predicted molar refractivity (Wildman–Crippen MR) is 76.3 cm³/mol. The first-order valence-corrected chi connectivity index (χ1v) is 8.35. The van der Waals surface area contributed by atoms with Gasteiger partial charge in [-0.1, -0.05) is 26.7 Å². The molecular weight excluding hydrogens is 214 g/mol. The van der Waals surface area contributed by atoms with Crippen LogP contribution in [0.3, 0.4) is 0 Å². The molecule has 0 amide bonds. The summed E-state index contributed by atoms with van der Waals surface area (Å²) in [6.45, 7) is 5.74. The molecule has 0 aliphatic heterocycles. The highest BCUT2D eigenvalue weighted by molar-refractivity contribution is 7.99. The van der Waals surface area contributed by atoms with Crippen molar-refractivity contribution in [3.63, 3.8) is 0 Å². The zero-order valence-electron chi connectivity index (χ0n) is 11.1. The van der Waals surface area contributed by atoms with E-state index in [1.165, 1.54) is 63.0 Å². The van der Waals surface area contributed by atoms with Crippen LogP contribution < -0.4 is 5.32 Å². The van der Waals surface area contributed by atoms with Crippen molar-refractivity contribution in [2.75, 3.05) is 18.1 Å². The van der Waals surface area contributed by atoms with Gasteiger partial charge in [0.05, 0.1) is 0 Å². The van der Waals surface area contributed by atoms with E-state index in [0.717, 1.165) is 12.0 Å². The van der Waals surface area contributed by atoms with Gasteiger partial charge in [-0.2, -0.15) is 11.8 Å². The first kappa shape index (κ1) is 14.4. The molecule has 1 N–H and O–H groups in total. The van der Waals surface area contributed by atoms with Crippen LogP contribution in [0.5, 0.6) is 0 Å². The van der Waals surface area contributed by atoms with E-state index in [2.05, 4.69) is 30.9 Å². The molecule has 1 aliphatic carbocycles. The molecule has 16 heavy (non-hydrogen) atoms. The molecule has 0 heterocycles. The van der Waals surface area contributed by atoms with Crippen LogP contribution in [0.15, 0.2) is 0 Å². The van der Waals surface area contributed by atoms with Crippen LogP contribution in [0, 0.1) is 5.92 Å². The lowest BCUT2D eigenvalue weighted by Crippen LogP contribution is -2.35. The van der Waals surface area contributed by atoms with Gasteiger partial charge in [0.1, 0.15) is 0 Å². The van der Waals surface area contributed by atoms with Crippen LogP contribution in [0.2, 0.25) is 0 Å². The minimum Gasteiger partial charge on any atom is -0.314 e. The van der Waals surface area contributed by atoms with Crippen molar-refractivity contribution in [1.29, 1.82) is 0 Å². The second kappa shape index (κ2) is 9.35. The van der Waals surface area contributed by atoms with Crippen molar-refractivity contribution in [2.24, 2.45) is 5.92 Å². The molecule has 0 aromatic heterocycles. The number of hydrogen-bond acceptors (Lipinski definition) is 2. The third-order valence-corrected chi connectivity index (χ3v) is 4.62. The summed E-state index contributed by atoms with van der Waals surface area (Å²) >= 11 is 2.09. The molecular formula is C14H29NS. The largest absolute Gasteiger partial charge is 0.314 e. The quantitative estimate of drug-likeness (QED) is 0.612. The van der Waals surface area contributed by atoms with Gasteiger partial charge < -0.3 is 5.32 Å². The highest BCUT2D eigenvalue weighted by Gasteiger charge is 2.23. The molecule has 1 atom stereocenters. The van der Waals surface area contributed by atoms with Gasteiger partial charge in [0.2, 0.25) is 0 Å². The summed E-state index contributed by atoms with van der Waals surface area (Å²) in [6.07, 6.45) is 9.96. The van der Waals surface area contributed by atoms with E-state index in [1.54, 1.807) is 0 Å². The first-order chi connectivity index (χ1) is 7.88. The maximum absolute atomic E-state index is 3.78. The summed E-state index contributed by atoms with van der Waals surface area (Å²) in [4.78, 5) is 0. The molecule has 0 spiro atoms. The molecule has 1 rings (SSSR count). The Morgan fingerprint density at radius 1 is 1.25 bits per heavy atom. The van der Waals surface area contributed by atoms with Crippen molar-refractivity contribution < 1.29 is 0 Å². The van der Waals surface area contributed by atoms with Crippen molar-refractivity contribution in [1.82, 2.24) is 5.32 Å². The lowest BCUT2D eigenvalue weighted by Gasteiger charge is -2.24. The summed E-state index contributed by atoms with van der Waals surface area (Å²) in [6, 6.07) is 0.819. The molecule has 1 nitrogen and oxygen atoms in total. The van der Waals surface area contributed by atoms with Crippen molar-refractivity contribution in [2.45, 2.75) is 64.8 Å². The normalized spacial score (nSPS) is 19.1. The third-order valence-electron chi connectivity index (χ3n) is 3.63. The Morgan fingerprint density at radius 2 is 2.00 bits per heavy atom. The number of hydrogen-bond donors (Lipinski definition) is 1. The number of thioether (sulfide) groups is 1. The van der Waals surface area contributed by atoms with Gasteiger partial charge in [-0.05, 0) is 56.1 Å². The van der Waals surface area contributed by atoms with Crippen LogP contribution in [0.4, 0.5) is 0 Å². The Labute approximate surface area is 106 Å². The van der Waals surface area contributed by atoms with Gasteiger partial charge in [0.15, 0.2) is 0 Å². The standard InChI is InChI=1S/C14H29NS/c1-3-11-15-14(10-7-12-16-4-2)13-8-5-6-9-13/h13-15H,3-12H2,1-2H3. The van der Waals surface area contributed by atoms with E-state index in [0.29, 0.717) is 0 Å². The van der Waals surface area contributed by atoms with Crippen molar-refractivity contribution in [3.8, 4) is 0 Å². The van der Waals surface area contributed by atoms with E-state index in [1.807, 2.05) is 0 Å². The van der Waals surface area contributed by atoms with Gasteiger partial charge in [-0.25, -0.2) is 0 Å². The molecule has 0 radical (unpaired) electrons. The Kier molecular flexibility index (Phi) is 8.40. The third kappa shape index (κ3) is 5.58. The van der Waals surface area contributed by atoms with E-state index >= 15 is 0 Å². The minimum absolute atomic E-state index is 0.819. The molecule has 1 unspecified atom stereocenters. The molecule has 2 heteroatoms. The predicted octanol–water partition coefficient (Wildman–Crippen LogP) is 4.08. The van der Waals surface area contributed by atoms with Crippen LogP contribution in [-0.2, 0) is 0 Å². The summed E-state index contributed by atoms with van der Waals surface area (Å²) < 4.78 is 0. The first-order valence-electron chi connectivity index (χ1n) is 7.19. The van der Waals surface area contributed by atoms with Crippen LogP contribution in [0.25, 0.3) is 0 Å². The van der Waals surface area contributed by atoms with Crippen LogP contribution >= 0.6 is 11.8 Å². The fraction of sp³-hybridized carbons (Fsp3) is 1.00. The average Bonchev–Trinajstić information content (AvgIpc) is 2.82. The maximum Gasteiger partial charge on any atom is 0.00956 e. The van der Waals surface area contributed by atoms with Gasteiger partial charge in [-0.3, -0.25) is 0 Å². The van der Waals surface area contributed by atoms with E-state index in [-0.39, 0.29) is 0 Å². The second-order valence-corrected chi connectivity index (χ2v) is 6.34. The summed E-state index contributed by atoms with van der Waals surface area (Å²) in [5.74, 6) is 3.61. The topological polar surface area (TPSA) is 12.0 Å². The summed E-state index contributed by atoms with van der Waals surface area (Å²) in [7, 11) is 0. The summed E-state index contributed by atoms with van der Waals surface area (Å²) in [5, 5.41) is 3.78. The Balaban J connectivity index is 2.19. The van der Waals surface area contributed by atoms with Gasteiger partial charge in [0, 0.05) is 6.04 Å². The van der Waals surface area contributed by atoms with Crippen LogP contribution in [-0.4, -0.2) is 24.1 Å². The summed E-state index contributed by atoms with van der Waals surface area (Å²) in [5.41, 5.74) is 0. The van der Waals surface area contributed by atoms with E-state index in [9.17, 15) is 0 Å². The molecule has 0 aromatic carbocycles. The Bertz CT molecular complexity index is 155. The minimum atomic E-state index is 0.819. The number of rotatable bonds is 9. The smallest absolute Gasteiger partial charge is 0.00956 e. The maximum atomic E-state index is 3.78. The average molecular weight is 243 g/mol. The second-order valence-electron chi connectivity index (χ2n) is 4.94. The zero-order chi connectivity index (χ0) is 11.6. The Hall–Kier alpha value is 0.310. The van der Waals surface area contributed by atoms with E-state index < -0.39 is 0 Å². The lowest BCUT2D eigenvalue weighted by molar-refractivity contribution is 0.339. The Morgan fingerprint density at radius 3 is 2.62 bits per heavy atom. The fourth-order valence-corrected chi connectivity index (χ4v) is 3.40. The number of nitrogens with one attached hydrogen (secondary N) is 1. The molecule has 1 saturated carbocycles. The van der Waals surface area contributed by atoms with Crippen molar-refractivity contribution in [3.05, 3.63) is 0 Å². The van der Waals surface area contributed by atoms with Gasteiger partial charge >= 0.3 is 0 Å². The molecule has 1 fully saturated rings. The van der Waals surface area contributed by atoms with Crippen LogP contribution in [0.1, 0.15) is 58.8 Å². The monoisotopic (exact) mass is 243 g/mol. The lowest BCUT2D eigenvalue weighted by atomic mass is 9.94. The molecule has 0 saturated heterocycles. The molecule has 96 valence electrons. The highest BCUT2D eigenvalue weighted by atomic mass is 32.2.